The van der Waals surface area contributed by atoms with Crippen LogP contribution in [-0.2, 0) is 0 Å². The van der Waals surface area contributed by atoms with Gasteiger partial charge in [0.1, 0.15) is 12.0 Å². The van der Waals surface area contributed by atoms with Gasteiger partial charge in [-0.25, -0.2) is 4.98 Å². The molecule has 0 saturated heterocycles. The third kappa shape index (κ3) is 2.85. The molecule has 0 aromatic carbocycles. The summed E-state index contributed by atoms with van der Waals surface area (Å²) in [5.41, 5.74) is 7.33. The number of hydrogen-bond donors (Lipinski definition) is 2. The molecule has 0 spiro atoms. The fraction of sp³-hybridized carbons (Fsp3) is 0.273. The van der Waals surface area contributed by atoms with Crippen LogP contribution in [0.25, 0.3) is 0 Å². The predicted octanol–water partition coefficient (Wildman–Crippen LogP) is 2.65. The first-order valence-corrected chi connectivity index (χ1v) is 6.28. The quantitative estimate of drug-likeness (QED) is 0.853. The van der Waals surface area contributed by atoms with Crippen molar-refractivity contribution in [1.29, 1.82) is 0 Å². The van der Waals surface area contributed by atoms with Crippen molar-refractivity contribution in [2.45, 2.75) is 13.3 Å². The number of nitrogens with two attached hydrogens (primary N) is 1. The van der Waals surface area contributed by atoms with Crippen LogP contribution in [0.2, 0.25) is 0 Å². The van der Waals surface area contributed by atoms with Crippen LogP contribution in [0, 0.1) is 0 Å². The molecule has 17 heavy (non-hydrogen) atoms. The second kappa shape index (κ2) is 5.49. The number of nitrogens with zero attached hydrogens (tertiary/aromatic N) is 2. The standard InChI is InChI=1S/C11H14N4OS/c1-2-4-16-11-9(12)10(13-7-14-11)15-8-3-5-17-6-8/h3,5-7H,2,4,12H2,1H3,(H,13,14,15). The maximum Gasteiger partial charge on any atom is 0.242 e. The van der Waals surface area contributed by atoms with Crippen molar-refractivity contribution in [3.05, 3.63) is 23.2 Å². The summed E-state index contributed by atoms with van der Waals surface area (Å²) in [6.45, 7) is 2.63. The van der Waals surface area contributed by atoms with Gasteiger partial charge in [0.05, 0.1) is 12.3 Å². The van der Waals surface area contributed by atoms with Crippen molar-refractivity contribution in [1.82, 2.24) is 9.97 Å². The first kappa shape index (κ1) is 11.7. The second-order valence-electron chi connectivity index (χ2n) is 3.43. The lowest BCUT2D eigenvalue weighted by molar-refractivity contribution is 0.307. The van der Waals surface area contributed by atoms with E-state index in [2.05, 4.69) is 15.3 Å². The minimum absolute atomic E-state index is 0.430. The molecule has 90 valence electrons. The Balaban J connectivity index is 2.17. The Bertz CT molecular complexity index is 472. The molecular weight excluding hydrogens is 236 g/mol. The van der Waals surface area contributed by atoms with E-state index in [1.165, 1.54) is 6.33 Å². The van der Waals surface area contributed by atoms with E-state index in [1.54, 1.807) is 11.3 Å². The van der Waals surface area contributed by atoms with Gasteiger partial charge in [-0.15, -0.1) is 0 Å². The van der Waals surface area contributed by atoms with Crippen molar-refractivity contribution in [2.24, 2.45) is 0 Å². The van der Waals surface area contributed by atoms with E-state index in [0.29, 0.717) is 24.0 Å². The summed E-state index contributed by atoms with van der Waals surface area (Å²) in [5, 5.41) is 7.08. The molecule has 0 atom stereocenters. The van der Waals surface area contributed by atoms with Gasteiger partial charge < -0.3 is 15.8 Å². The Morgan fingerprint density at radius 1 is 1.47 bits per heavy atom. The second-order valence-corrected chi connectivity index (χ2v) is 4.21. The number of nitrogen functional groups attached to an aromatic ring is 1. The smallest absolute Gasteiger partial charge is 0.242 e. The fourth-order valence-electron chi connectivity index (χ4n) is 1.27. The number of thiophene rings is 1. The summed E-state index contributed by atoms with van der Waals surface area (Å²) in [5.74, 6) is 1.00. The minimum Gasteiger partial charge on any atom is -0.476 e. The van der Waals surface area contributed by atoms with Gasteiger partial charge in [0.25, 0.3) is 0 Å². The van der Waals surface area contributed by atoms with Crippen molar-refractivity contribution in [2.75, 3.05) is 17.7 Å². The SMILES string of the molecule is CCCOc1ncnc(Nc2ccsc2)c1N. The average molecular weight is 250 g/mol. The molecule has 0 unspecified atom stereocenters. The van der Waals surface area contributed by atoms with Crippen molar-refractivity contribution in [3.63, 3.8) is 0 Å². The van der Waals surface area contributed by atoms with Crippen LogP contribution < -0.4 is 15.8 Å². The molecule has 0 amide bonds. The van der Waals surface area contributed by atoms with E-state index in [0.717, 1.165) is 12.1 Å². The molecule has 3 N–H and O–H groups in total. The van der Waals surface area contributed by atoms with E-state index in [1.807, 2.05) is 23.8 Å². The normalized spacial score (nSPS) is 10.2. The van der Waals surface area contributed by atoms with Gasteiger partial charge in [-0.2, -0.15) is 16.3 Å². The summed E-state index contributed by atoms with van der Waals surface area (Å²) in [4.78, 5) is 8.11. The Hall–Kier alpha value is -1.82. The lowest BCUT2D eigenvalue weighted by atomic mass is 10.4. The maximum atomic E-state index is 5.93. The Labute approximate surface area is 104 Å². The van der Waals surface area contributed by atoms with Gasteiger partial charge in [0, 0.05) is 5.38 Å². The van der Waals surface area contributed by atoms with Gasteiger partial charge >= 0.3 is 0 Å². The zero-order valence-corrected chi connectivity index (χ0v) is 10.3. The molecule has 0 fully saturated rings. The van der Waals surface area contributed by atoms with Gasteiger partial charge in [-0.3, -0.25) is 0 Å². The zero-order valence-electron chi connectivity index (χ0n) is 9.51. The van der Waals surface area contributed by atoms with Crippen LogP contribution in [-0.4, -0.2) is 16.6 Å². The van der Waals surface area contributed by atoms with Crippen LogP contribution in [0.15, 0.2) is 23.2 Å². The summed E-state index contributed by atoms with van der Waals surface area (Å²) in [6.07, 6.45) is 2.35. The molecular formula is C11H14N4OS. The molecule has 0 saturated carbocycles. The number of nitrogens with one attached hydrogen (secondary N) is 1. The number of anilines is 3. The Morgan fingerprint density at radius 2 is 2.35 bits per heavy atom. The predicted molar refractivity (Wildman–Crippen MR) is 69.8 cm³/mol. The van der Waals surface area contributed by atoms with Crippen LogP contribution >= 0.6 is 11.3 Å². The fourth-order valence-corrected chi connectivity index (χ4v) is 1.85. The molecule has 0 aliphatic carbocycles. The van der Waals surface area contributed by atoms with E-state index in [4.69, 9.17) is 10.5 Å². The highest BCUT2D eigenvalue weighted by Crippen LogP contribution is 2.28. The maximum absolute atomic E-state index is 5.93. The van der Waals surface area contributed by atoms with E-state index < -0.39 is 0 Å². The Kier molecular flexibility index (Phi) is 3.77. The van der Waals surface area contributed by atoms with Crippen molar-refractivity contribution >= 4 is 28.5 Å². The van der Waals surface area contributed by atoms with Gasteiger partial charge in [0.15, 0.2) is 5.82 Å². The summed E-state index contributed by atoms with van der Waals surface area (Å²) in [6, 6.07) is 1.96. The molecule has 0 radical (unpaired) electrons. The van der Waals surface area contributed by atoms with E-state index >= 15 is 0 Å². The lowest BCUT2D eigenvalue weighted by Crippen LogP contribution is -2.05. The van der Waals surface area contributed by atoms with E-state index in [9.17, 15) is 0 Å². The third-order valence-electron chi connectivity index (χ3n) is 2.07. The molecule has 2 aromatic heterocycles. The molecule has 2 aromatic rings. The van der Waals surface area contributed by atoms with Crippen molar-refractivity contribution < 1.29 is 4.74 Å². The van der Waals surface area contributed by atoms with Crippen LogP contribution in [0.5, 0.6) is 5.88 Å². The summed E-state index contributed by atoms with van der Waals surface area (Å²) >= 11 is 1.60. The molecule has 0 aliphatic heterocycles. The van der Waals surface area contributed by atoms with Gasteiger partial charge in [-0.05, 0) is 17.9 Å². The Morgan fingerprint density at radius 3 is 3.06 bits per heavy atom. The van der Waals surface area contributed by atoms with E-state index in [-0.39, 0.29) is 0 Å². The van der Waals surface area contributed by atoms with Crippen molar-refractivity contribution in [3.8, 4) is 5.88 Å². The van der Waals surface area contributed by atoms with Crippen LogP contribution in [0.3, 0.4) is 0 Å². The molecule has 6 heteroatoms. The first-order valence-electron chi connectivity index (χ1n) is 5.33. The molecule has 0 bridgehead atoms. The molecule has 2 rings (SSSR count). The van der Waals surface area contributed by atoms with Crippen LogP contribution in [0.4, 0.5) is 17.2 Å². The number of aromatic nitrogens is 2. The highest BCUT2D eigenvalue weighted by molar-refractivity contribution is 7.08. The number of ether oxygens (including phenoxy) is 1. The monoisotopic (exact) mass is 250 g/mol. The third-order valence-corrected chi connectivity index (χ3v) is 2.76. The highest BCUT2D eigenvalue weighted by atomic mass is 32.1. The lowest BCUT2D eigenvalue weighted by Gasteiger charge is -2.10. The van der Waals surface area contributed by atoms with Gasteiger partial charge in [-0.1, -0.05) is 6.92 Å². The molecule has 2 heterocycles. The largest absolute Gasteiger partial charge is 0.476 e. The molecule has 5 nitrogen and oxygen atoms in total. The highest BCUT2D eigenvalue weighted by Gasteiger charge is 2.09. The van der Waals surface area contributed by atoms with Crippen LogP contribution in [0.1, 0.15) is 13.3 Å². The average Bonchev–Trinajstić information content (AvgIpc) is 2.83. The molecule has 0 aliphatic rings. The zero-order chi connectivity index (χ0) is 12.1. The number of hydrogen-bond acceptors (Lipinski definition) is 6. The summed E-state index contributed by atoms with van der Waals surface area (Å²) in [7, 11) is 0. The first-order chi connectivity index (χ1) is 8.31. The summed E-state index contributed by atoms with van der Waals surface area (Å²) < 4.78 is 5.43. The van der Waals surface area contributed by atoms with Gasteiger partial charge in [0.2, 0.25) is 5.88 Å². The number of rotatable bonds is 5. The minimum atomic E-state index is 0.430. The topological polar surface area (TPSA) is 73.1 Å².